The normalized spacial score (nSPS) is 10.8. The minimum absolute atomic E-state index is 0.0836. The zero-order valence-corrected chi connectivity index (χ0v) is 9.34. The molecule has 0 bridgehead atoms. The first-order chi connectivity index (χ1) is 8.20. The molecule has 0 aliphatic carbocycles. The fourth-order valence-corrected chi connectivity index (χ4v) is 1.46. The Hall–Kier alpha value is -1.75. The average Bonchev–Trinajstić information content (AvgIpc) is 2.78. The van der Waals surface area contributed by atoms with Crippen molar-refractivity contribution in [3.05, 3.63) is 41.6 Å². The van der Waals surface area contributed by atoms with Crippen molar-refractivity contribution in [2.24, 2.45) is 0 Å². The summed E-state index contributed by atoms with van der Waals surface area (Å²) in [6, 6.07) is 4.82. The van der Waals surface area contributed by atoms with E-state index in [1.807, 2.05) is 6.92 Å². The highest BCUT2D eigenvalue weighted by atomic mass is 19.1. The van der Waals surface area contributed by atoms with Crippen molar-refractivity contribution in [3.8, 4) is 11.3 Å². The molecule has 0 spiro atoms. The molecule has 0 unspecified atom stereocenters. The Bertz CT molecular complexity index is 511. The minimum Gasteiger partial charge on any atom is -0.356 e. The largest absolute Gasteiger partial charge is 0.356 e. The summed E-state index contributed by atoms with van der Waals surface area (Å²) in [4.78, 5) is 0. The minimum atomic E-state index is -0.530. The quantitative estimate of drug-likeness (QED) is 0.890. The molecule has 2 rings (SSSR count). The van der Waals surface area contributed by atoms with E-state index in [0.29, 0.717) is 12.2 Å². The van der Waals surface area contributed by atoms with E-state index in [1.54, 1.807) is 6.07 Å². The molecule has 2 aromatic rings. The van der Waals surface area contributed by atoms with Crippen molar-refractivity contribution in [2.45, 2.75) is 13.5 Å². The Labute approximate surface area is 97.4 Å². The second-order valence-corrected chi connectivity index (χ2v) is 3.59. The molecule has 1 aromatic carbocycles. The molecule has 5 heteroatoms. The molecule has 0 aliphatic rings. The Morgan fingerprint density at radius 3 is 2.88 bits per heavy atom. The maximum absolute atomic E-state index is 13.4. The highest BCUT2D eigenvalue weighted by molar-refractivity contribution is 5.58. The predicted octanol–water partition coefficient (Wildman–Crippen LogP) is 2.73. The van der Waals surface area contributed by atoms with Gasteiger partial charge in [0.15, 0.2) is 5.76 Å². The number of nitrogens with one attached hydrogen (secondary N) is 1. The first-order valence-corrected chi connectivity index (χ1v) is 5.32. The van der Waals surface area contributed by atoms with Crippen molar-refractivity contribution >= 4 is 0 Å². The molecule has 17 heavy (non-hydrogen) atoms. The van der Waals surface area contributed by atoms with Crippen LogP contribution in [0.1, 0.15) is 12.6 Å². The topological polar surface area (TPSA) is 38.1 Å². The molecule has 0 aliphatic heterocycles. The van der Waals surface area contributed by atoms with Crippen molar-refractivity contribution in [2.75, 3.05) is 6.54 Å². The lowest BCUT2D eigenvalue weighted by Crippen LogP contribution is -2.11. The first kappa shape index (κ1) is 11.7. The van der Waals surface area contributed by atoms with Crippen molar-refractivity contribution in [1.29, 1.82) is 0 Å². The Morgan fingerprint density at radius 1 is 1.29 bits per heavy atom. The molecule has 0 radical (unpaired) electrons. The van der Waals surface area contributed by atoms with Gasteiger partial charge in [0.2, 0.25) is 0 Å². The lowest BCUT2D eigenvalue weighted by molar-refractivity contribution is 0.418. The third-order valence-electron chi connectivity index (χ3n) is 2.31. The van der Waals surface area contributed by atoms with Crippen LogP contribution in [0.5, 0.6) is 0 Å². The van der Waals surface area contributed by atoms with Crippen molar-refractivity contribution < 1.29 is 13.3 Å². The molecule has 0 amide bonds. The van der Waals surface area contributed by atoms with E-state index in [4.69, 9.17) is 4.52 Å². The summed E-state index contributed by atoms with van der Waals surface area (Å²) in [7, 11) is 0. The molecule has 0 saturated carbocycles. The van der Waals surface area contributed by atoms with E-state index in [0.717, 1.165) is 24.7 Å². The van der Waals surface area contributed by atoms with Gasteiger partial charge in [-0.1, -0.05) is 12.1 Å². The summed E-state index contributed by atoms with van der Waals surface area (Å²) in [6.07, 6.45) is 0. The maximum atomic E-state index is 13.4. The fourth-order valence-electron chi connectivity index (χ4n) is 1.46. The third-order valence-corrected chi connectivity index (χ3v) is 2.31. The predicted molar refractivity (Wildman–Crippen MR) is 59.2 cm³/mol. The summed E-state index contributed by atoms with van der Waals surface area (Å²) < 4.78 is 31.4. The van der Waals surface area contributed by atoms with Crippen LogP contribution in [0.3, 0.4) is 0 Å². The highest BCUT2D eigenvalue weighted by Gasteiger charge is 2.12. The monoisotopic (exact) mass is 238 g/mol. The van der Waals surface area contributed by atoms with Crippen molar-refractivity contribution in [3.63, 3.8) is 0 Å². The summed E-state index contributed by atoms with van der Waals surface area (Å²) in [6.45, 7) is 3.31. The van der Waals surface area contributed by atoms with E-state index < -0.39 is 11.6 Å². The second-order valence-electron chi connectivity index (χ2n) is 3.59. The van der Waals surface area contributed by atoms with Crippen LogP contribution >= 0.6 is 0 Å². The van der Waals surface area contributed by atoms with Crippen LogP contribution in [0.15, 0.2) is 28.8 Å². The van der Waals surface area contributed by atoms with Crippen molar-refractivity contribution in [1.82, 2.24) is 10.5 Å². The zero-order chi connectivity index (χ0) is 12.3. The molecule has 1 N–H and O–H groups in total. The number of benzene rings is 1. The van der Waals surface area contributed by atoms with Crippen LogP contribution < -0.4 is 5.32 Å². The smallest absolute Gasteiger partial charge is 0.170 e. The second kappa shape index (κ2) is 5.05. The lowest BCUT2D eigenvalue weighted by Gasteiger charge is -1.97. The summed E-state index contributed by atoms with van der Waals surface area (Å²) >= 11 is 0. The molecule has 0 fully saturated rings. The van der Waals surface area contributed by atoms with Crippen LogP contribution in [0.25, 0.3) is 11.3 Å². The fraction of sp³-hybridized carbons (Fsp3) is 0.250. The Kier molecular flexibility index (Phi) is 3.49. The molecule has 1 heterocycles. The Morgan fingerprint density at radius 2 is 2.12 bits per heavy atom. The standard InChI is InChI=1S/C12H12F2N2O/c1-2-15-7-9-6-12(17-16-9)10-5-8(13)3-4-11(10)14/h3-6,15H,2,7H2,1H3. The van der Waals surface area contributed by atoms with Gasteiger partial charge in [0.1, 0.15) is 11.6 Å². The maximum Gasteiger partial charge on any atom is 0.170 e. The summed E-state index contributed by atoms with van der Waals surface area (Å²) in [5.41, 5.74) is 0.741. The van der Waals surface area contributed by atoms with Gasteiger partial charge in [-0.3, -0.25) is 0 Å². The van der Waals surface area contributed by atoms with E-state index >= 15 is 0 Å². The van der Waals surface area contributed by atoms with Gasteiger partial charge in [0, 0.05) is 12.6 Å². The average molecular weight is 238 g/mol. The number of nitrogens with zero attached hydrogens (tertiary/aromatic N) is 1. The molecule has 3 nitrogen and oxygen atoms in total. The van der Waals surface area contributed by atoms with Crippen LogP contribution in [-0.2, 0) is 6.54 Å². The van der Waals surface area contributed by atoms with Crippen LogP contribution in [0, 0.1) is 11.6 Å². The summed E-state index contributed by atoms with van der Waals surface area (Å²) in [5, 5.41) is 6.84. The lowest BCUT2D eigenvalue weighted by atomic mass is 10.1. The van der Waals surface area contributed by atoms with E-state index in [-0.39, 0.29) is 11.3 Å². The zero-order valence-electron chi connectivity index (χ0n) is 9.34. The van der Waals surface area contributed by atoms with Crippen LogP contribution in [-0.4, -0.2) is 11.7 Å². The van der Waals surface area contributed by atoms with Gasteiger partial charge in [-0.25, -0.2) is 8.78 Å². The van der Waals surface area contributed by atoms with E-state index in [1.165, 1.54) is 0 Å². The van der Waals surface area contributed by atoms with E-state index in [9.17, 15) is 8.78 Å². The van der Waals surface area contributed by atoms with Crippen LogP contribution in [0.4, 0.5) is 8.78 Å². The van der Waals surface area contributed by atoms with Crippen LogP contribution in [0.2, 0.25) is 0 Å². The molecule has 1 aromatic heterocycles. The number of halogens is 2. The van der Waals surface area contributed by atoms with Gasteiger partial charge in [-0.05, 0) is 24.7 Å². The number of aromatic nitrogens is 1. The number of hydrogen-bond donors (Lipinski definition) is 1. The highest BCUT2D eigenvalue weighted by Crippen LogP contribution is 2.24. The summed E-state index contributed by atoms with van der Waals surface area (Å²) in [5.74, 6) is -0.807. The molecule has 0 atom stereocenters. The molecule has 90 valence electrons. The molecule has 0 saturated heterocycles. The first-order valence-electron chi connectivity index (χ1n) is 5.32. The van der Waals surface area contributed by atoms with Gasteiger partial charge < -0.3 is 9.84 Å². The van der Waals surface area contributed by atoms with Gasteiger partial charge in [0.25, 0.3) is 0 Å². The Balaban J connectivity index is 2.27. The molecular formula is C12H12F2N2O. The van der Waals surface area contributed by atoms with E-state index in [2.05, 4.69) is 10.5 Å². The van der Waals surface area contributed by atoms with Gasteiger partial charge in [-0.15, -0.1) is 0 Å². The van der Waals surface area contributed by atoms with Gasteiger partial charge >= 0.3 is 0 Å². The number of rotatable bonds is 4. The van der Waals surface area contributed by atoms with Gasteiger partial charge in [0.05, 0.1) is 11.3 Å². The third kappa shape index (κ3) is 2.68. The van der Waals surface area contributed by atoms with Gasteiger partial charge in [-0.2, -0.15) is 0 Å². The number of hydrogen-bond acceptors (Lipinski definition) is 3. The SMILES string of the molecule is CCNCc1cc(-c2cc(F)ccc2F)on1. The molecular weight excluding hydrogens is 226 g/mol.